The fourth-order valence-electron chi connectivity index (χ4n) is 2.78. The van der Waals surface area contributed by atoms with Gasteiger partial charge in [0.05, 0.1) is 6.04 Å². The van der Waals surface area contributed by atoms with Crippen molar-refractivity contribution in [2.75, 3.05) is 6.54 Å². The number of hydrazine groups is 1. The first-order chi connectivity index (χ1) is 11.5. The average Bonchev–Trinajstić information content (AvgIpc) is 3.20. The summed E-state index contributed by atoms with van der Waals surface area (Å²) in [6.07, 6.45) is 1.68. The van der Waals surface area contributed by atoms with E-state index in [1.165, 1.54) is 0 Å². The number of nitrogens with zero attached hydrogens (tertiary/aromatic N) is 3. The molecule has 1 fully saturated rings. The van der Waals surface area contributed by atoms with Crippen LogP contribution in [0.2, 0.25) is 0 Å². The minimum Gasteiger partial charge on any atom is -0.361 e. The topological polar surface area (TPSA) is 100 Å². The number of aryl methyl sites for hydroxylation is 2. The van der Waals surface area contributed by atoms with Crippen LogP contribution in [0.1, 0.15) is 46.5 Å². The van der Waals surface area contributed by atoms with Gasteiger partial charge in [0.2, 0.25) is 0 Å². The molecule has 2 aromatic rings. The third-order valence-corrected chi connectivity index (χ3v) is 3.91. The minimum atomic E-state index is -0.458. The molecule has 1 aliphatic heterocycles. The summed E-state index contributed by atoms with van der Waals surface area (Å²) in [5.41, 5.74) is 6.54. The van der Waals surface area contributed by atoms with Crippen molar-refractivity contribution < 1.29 is 14.1 Å². The van der Waals surface area contributed by atoms with Gasteiger partial charge in [0.15, 0.2) is 0 Å². The predicted octanol–water partition coefficient (Wildman–Crippen LogP) is 1.88. The molecule has 0 aliphatic carbocycles. The van der Waals surface area contributed by atoms with Gasteiger partial charge in [-0.25, -0.2) is 15.2 Å². The summed E-state index contributed by atoms with van der Waals surface area (Å²) >= 11 is 0. The Morgan fingerprint density at radius 1 is 1.29 bits per heavy atom. The van der Waals surface area contributed by atoms with Crippen LogP contribution in [0.4, 0.5) is 4.79 Å². The van der Waals surface area contributed by atoms with Gasteiger partial charge in [-0.05, 0) is 38.8 Å². The zero-order valence-electron chi connectivity index (χ0n) is 13.6. The lowest BCUT2D eigenvalue weighted by molar-refractivity contribution is 0.0923. The molecule has 8 nitrogen and oxygen atoms in total. The van der Waals surface area contributed by atoms with Crippen molar-refractivity contribution in [3.8, 4) is 0 Å². The number of pyridine rings is 1. The molecular weight excluding hydrogens is 310 g/mol. The molecule has 3 amide bonds. The number of nitrogens with one attached hydrogen (secondary N) is 2. The van der Waals surface area contributed by atoms with Gasteiger partial charge in [-0.1, -0.05) is 11.2 Å². The van der Waals surface area contributed by atoms with Gasteiger partial charge in [-0.2, -0.15) is 0 Å². The number of likely N-dealkylation sites (tertiary alicyclic amines) is 1. The van der Waals surface area contributed by atoms with Crippen molar-refractivity contribution in [2.24, 2.45) is 0 Å². The number of aromatic nitrogens is 2. The van der Waals surface area contributed by atoms with Crippen LogP contribution in [0.15, 0.2) is 28.8 Å². The van der Waals surface area contributed by atoms with Crippen LogP contribution in [0, 0.1) is 13.8 Å². The van der Waals surface area contributed by atoms with E-state index in [2.05, 4.69) is 21.0 Å². The molecule has 0 bridgehead atoms. The Labute approximate surface area is 139 Å². The lowest BCUT2D eigenvalue weighted by Gasteiger charge is -2.23. The van der Waals surface area contributed by atoms with Crippen molar-refractivity contribution in [3.05, 3.63) is 47.1 Å². The van der Waals surface area contributed by atoms with Gasteiger partial charge in [0.1, 0.15) is 17.1 Å². The molecule has 0 saturated carbocycles. The molecule has 8 heteroatoms. The van der Waals surface area contributed by atoms with Crippen LogP contribution in [-0.4, -0.2) is 33.5 Å². The van der Waals surface area contributed by atoms with Crippen molar-refractivity contribution in [1.82, 2.24) is 25.9 Å². The van der Waals surface area contributed by atoms with E-state index in [0.29, 0.717) is 12.3 Å². The van der Waals surface area contributed by atoms with Gasteiger partial charge >= 0.3 is 6.03 Å². The van der Waals surface area contributed by atoms with Gasteiger partial charge in [0.25, 0.3) is 5.91 Å². The zero-order valence-corrected chi connectivity index (χ0v) is 13.6. The molecule has 24 heavy (non-hydrogen) atoms. The predicted molar refractivity (Wildman–Crippen MR) is 84.9 cm³/mol. The second kappa shape index (κ2) is 6.69. The summed E-state index contributed by atoms with van der Waals surface area (Å²) in [5.74, 6) is 0.246. The van der Waals surface area contributed by atoms with E-state index in [0.717, 1.165) is 24.2 Å². The van der Waals surface area contributed by atoms with Crippen LogP contribution in [0.25, 0.3) is 0 Å². The van der Waals surface area contributed by atoms with Gasteiger partial charge in [0, 0.05) is 18.3 Å². The van der Waals surface area contributed by atoms with Crippen LogP contribution in [-0.2, 0) is 0 Å². The van der Waals surface area contributed by atoms with E-state index in [1.807, 2.05) is 13.0 Å². The summed E-state index contributed by atoms with van der Waals surface area (Å²) < 4.78 is 5.09. The molecule has 2 N–H and O–H groups in total. The smallest absolute Gasteiger partial charge is 0.336 e. The van der Waals surface area contributed by atoms with Crippen molar-refractivity contribution in [3.63, 3.8) is 0 Å². The first-order valence-electron chi connectivity index (χ1n) is 7.78. The molecular formula is C16H19N5O3. The molecule has 3 rings (SSSR count). The van der Waals surface area contributed by atoms with E-state index in [4.69, 9.17) is 4.52 Å². The lowest BCUT2D eigenvalue weighted by Crippen LogP contribution is -2.48. The number of carbonyl (C=O) groups excluding carboxylic acids is 2. The van der Waals surface area contributed by atoms with Gasteiger partial charge in [-0.3, -0.25) is 10.2 Å². The normalized spacial score (nSPS) is 16.9. The zero-order chi connectivity index (χ0) is 17.1. The summed E-state index contributed by atoms with van der Waals surface area (Å²) in [4.78, 5) is 30.2. The lowest BCUT2D eigenvalue weighted by atomic mass is 10.1. The molecule has 3 heterocycles. The maximum absolute atomic E-state index is 12.4. The second-order valence-corrected chi connectivity index (χ2v) is 5.76. The monoisotopic (exact) mass is 329 g/mol. The Hall–Kier alpha value is -2.90. The first kappa shape index (κ1) is 16.0. The number of hydrogen-bond acceptors (Lipinski definition) is 5. The highest BCUT2D eigenvalue weighted by atomic mass is 16.5. The largest absolute Gasteiger partial charge is 0.361 e. The molecule has 1 saturated heterocycles. The third-order valence-electron chi connectivity index (χ3n) is 3.91. The number of urea groups is 1. The summed E-state index contributed by atoms with van der Waals surface area (Å²) in [5, 5.41) is 3.99. The standard InChI is InChI=1S/C16H19N5O3/c1-10-5-3-6-12(17-10)15(22)18-19-16(23)21-8-4-7-14(21)13-9-11(2)24-20-13/h3,5-6,9,14H,4,7-8H2,1-2H3,(H,18,22)(H,19,23). The van der Waals surface area contributed by atoms with E-state index in [1.54, 1.807) is 30.0 Å². The van der Waals surface area contributed by atoms with Crippen molar-refractivity contribution >= 4 is 11.9 Å². The van der Waals surface area contributed by atoms with Gasteiger partial charge in [-0.15, -0.1) is 0 Å². The number of hydrogen-bond donors (Lipinski definition) is 2. The maximum atomic E-state index is 12.4. The van der Waals surface area contributed by atoms with Crippen molar-refractivity contribution in [2.45, 2.75) is 32.7 Å². The molecule has 0 aromatic carbocycles. The molecule has 0 spiro atoms. The summed E-state index contributed by atoms with van der Waals surface area (Å²) in [7, 11) is 0. The fraction of sp³-hybridized carbons (Fsp3) is 0.375. The molecule has 1 aliphatic rings. The molecule has 1 atom stereocenters. The Morgan fingerprint density at radius 2 is 2.12 bits per heavy atom. The first-order valence-corrected chi connectivity index (χ1v) is 7.78. The Morgan fingerprint density at radius 3 is 2.83 bits per heavy atom. The molecule has 1 unspecified atom stereocenters. The number of rotatable bonds is 2. The number of carbonyl (C=O) groups is 2. The summed E-state index contributed by atoms with van der Waals surface area (Å²) in [6.45, 7) is 4.20. The third kappa shape index (κ3) is 3.37. The highest BCUT2D eigenvalue weighted by molar-refractivity contribution is 5.93. The Bertz CT molecular complexity index is 758. The van der Waals surface area contributed by atoms with Crippen LogP contribution >= 0.6 is 0 Å². The summed E-state index contributed by atoms with van der Waals surface area (Å²) in [6, 6.07) is 6.43. The van der Waals surface area contributed by atoms with Gasteiger partial charge < -0.3 is 9.42 Å². The highest BCUT2D eigenvalue weighted by Gasteiger charge is 2.32. The van der Waals surface area contributed by atoms with E-state index in [-0.39, 0.29) is 17.8 Å². The molecule has 2 aromatic heterocycles. The minimum absolute atomic E-state index is 0.142. The molecule has 126 valence electrons. The maximum Gasteiger partial charge on any atom is 0.336 e. The highest BCUT2D eigenvalue weighted by Crippen LogP contribution is 2.31. The van der Waals surface area contributed by atoms with Crippen LogP contribution in [0.5, 0.6) is 0 Å². The molecule has 0 radical (unpaired) electrons. The van der Waals surface area contributed by atoms with E-state index >= 15 is 0 Å². The SMILES string of the molecule is Cc1cccc(C(=O)NNC(=O)N2CCCC2c2cc(C)on2)n1. The van der Waals surface area contributed by atoms with Crippen molar-refractivity contribution in [1.29, 1.82) is 0 Å². The van der Waals surface area contributed by atoms with Crippen LogP contribution in [0.3, 0.4) is 0 Å². The van der Waals surface area contributed by atoms with E-state index in [9.17, 15) is 9.59 Å². The Balaban J connectivity index is 1.61. The fourth-order valence-corrected chi connectivity index (χ4v) is 2.78. The quantitative estimate of drug-likeness (QED) is 0.819. The van der Waals surface area contributed by atoms with Crippen LogP contribution < -0.4 is 10.9 Å². The average molecular weight is 329 g/mol. The number of amides is 3. The second-order valence-electron chi connectivity index (χ2n) is 5.76. The van der Waals surface area contributed by atoms with E-state index < -0.39 is 5.91 Å². The Kier molecular flexibility index (Phi) is 4.45.